The van der Waals surface area contributed by atoms with E-state index >= 15 is 0 Å². The molecule has 2 N–H and O–H groups in total. The molecule has 2 fully saturated rings. The summed E-state index contributed by atoms with van der Waals surface area (Å²) < 4.78 is 0. The molecule has 3 unspecified atom stereocenters. The van der Waals surface area contributed by atoms with Gasteiger partial charge in [-0.05, 0) is 31.1 Å². The van der Waals surface area contributed by atoms with Gasteiger partial charge in [-0.3, -0.25) is 10.1 Å². The highest BCUT2D eigenvalue weighted by Crippen LogP contribution is 2.35. The van der Waals surface area contributed by atoms with Gasteiger partial charge in [0, 0.05) is 6.04 Å². The molecule has 0 aliphatic heterocycles. The average Bonchev–Trinajstić information content (AvgIpc) is 2.75. The van der Waals surface area contributed by atoms with Crippen LogP contribution in [0.3, 0.4) is 0 Å². The monoisotopic (exact) mass is 239 g/mol. The lowest BCUT2D eigenvalue weighted by Crippen LogP contribution is -2.57. The van der Waals surface area contributed by atoms with E-state index in [0.29, 0.717) is 17.9 Å². The number of rotatable bonds is 3. The van der Waals surface area contributed by atoms with Crippen molar-refractivity contribution in [1.29, 1.82) is 0 Å². The van der Waals surface area contributed by atoms with Crippen LogP contribution in [0, 0.1) is 11.8 Å². The zero-order valence-corrected chi connectivity index (χ0v) is 11.0. The van der Waals surface area contributed by atoms with Gasteiger partial charge in [0.25, 0.3) is 0 Å². The van der Waals surface area contributed by atoms with Crippen molar-refractivity contribution < 1.29 is 9.90 Å². The molecule has 0 spiro atoms. The lowest BCUT2D eigenvalue weighted by atomic mass is 9.77. The molecule has 0 aromatic carbocycles. The molecule has 0 heterocycles. The quantitative estimate of drug-likeness (QED) is 0.796. The fourth-order valence-corrected chi connectivity index (χ4v) is 3.54. The van der Waals surface area contributed by atoms with Crippen LogP contribution in [0.15, 0.2) is 0 Å². The van der Waals surface area contributed by atoms with Gasteiger partial charge in [-0.1, -0.05) is 39.5 Å². The Balaban J connectivity index is 2.05. The van der Waals surface area contributed by atoms with Crippen LogP contribution >= 0.6 is 0 Å². The second kappa shape index (κ2) is 4.97. The number of hydrogen-bond donors (Lipinski definition) is 2. The molecule has 0 aromatic rings. The molecule has 0 radical (unpaired) electrons. The SMILES string of the molecule is CC1CCCC(NC2(C(=O)O)CCCC2)C1C. The molecule has 2 rings (SSSR count). The molecule has 3 heteroatoms. The van der Waals surface area contributed by atoms with Gasteiger partial charge >= 0.3 is 5.97 Å². The van der Waals surface area contributed by atoms with Crippen molar-refractivity contribution in [3.8, 4) is 0 Å². The summed E-state index contributed by atoms with van der Waals surface area (Å²) in [6.45, 7) is 4.56. The number of hydrogen-bond acceptors (Lipinski definition) is 2. The Kier molecular flexibility index (Phi) is 3.76. The van der Waals surface area contributed by atoms with Crippen LogP contribution in [0.5, 0.6) is 0 Å². The molecule has 3 atom stereocenters. The third kappa shape index (κ3) is 2.49. The van der Waals surface area contributed by atoms with E-state index in [0.717, 1.165) is 32.1 Å². The fraction of sp³-hybridized carbons (Fsp3) is 0.929. The maximum Gasteiger partial charge on any atom is 0.323 e. The molecule has 0 aromatic heterocycles. The summed E-state index contributed by atoms with van der Waals surface area (Å²) >= 11 is 0. The lowest BCUT2D eigenvalue weighted by molar-refractivity contribution is -0.145. The van der Waals surface area contributed by atoms with Crippen LogP contribution in [0.1, 0.15) is 58.8 Å². The largest absolute Gasteiger partial charge is 0.480 e. The van der Waals surface area contributed by atoms with Crippen LogP contribution < -0.4 is 5.32 Å². The number of nitrogens with one attached hydrogen (secondary N) is 1. The molecule has 2 aliphatic carbocycles. The van der Waals surface area contributed by atoms with Gasteiger partial charge in [0.2, 0.25) is 0 Å². The van der Waals surface area contributed by atoms with E-state index in [1.807, 2.05) is 0 Å². The van der Waals surface area contributed by atoms with Crippen LogP contribution in [0.25, 0.3) is 0 Å². The van der Waals surface area contributed by atoms with E-state index in [1.165, 1.54) is 12.8 Å². The van der Waals surface area contributed by atoms with E-state index < -0.39 is 11.5 Å². The van der Waals surface area contributed by atoms with Gasteiger partial charge in [0.05, 0.1) is 0 Å². The molecule has 2 aliphatic rings. The number of carboxylic acids is 1. The Labute approximate surface area is 104 Å². The summed E-state index contributed by atoms with van der Waals surface area (Å²) in [6.07, 6.45) is 7.38. The first kappa shape index (κ1) is 12.9. The highest BCUT2D eigenvalue weighted by Gasteiger charge is 2.44. The number of aliphatic carboxylic acids is 1. The van der Waals surface area contributed by atoms with Gasteiger partial charge in [-0.25, -0.2) is 0 Å². The van der Waals surface area contributed by atoms with Crippen molar-refractivity contribution in [1.82, 2.24) is 5.32 Å². The van der Waals surface area contributed by atoms with Crippen molar-refractivity contribution in [2.75, 3.05) is 0 Å². The molecule has 0 saturated heterocycles. The topological polar surface area (TPSA) is 49.3 Å². The molecular weight excluding hydrogens is 214 g/mol. The Bertz CT molecular complexity index is 284. The smallest absolute Gasteiger partial charge is 0.323 e. The molecule has 0 bridgehead atoms. The van der Waals surface area contributed by atoms with E-state index in [2.05, 4.69) is 19.2 Å². The first-order valence-electron chi connectivity index (χ1n) is 7.06. The van der Waals surface area contributed by atoms with Crippen molar-refractivity contribution >= 4 is 5.97 Å². The number of carbonyl (C=O) groups is 1. The fourth-order valence-electron chi connectivity index (χ4n) is 3.54. The molecular formula is C14H25NO2. The lowest BCUT2D eigenvalue weighted by Gasteiger charge is -2.39. The number of carboxylic acid groups (broad SMARTS) is 1. The second-order valence-electron chi connectivity index (χ2n) is 6.11. The summed E-state index contributed by atoms with van der Waals surface area (Å²) in [5.41, 5.74) is -0.615. The molecule has 3 nitrogen and oxygen atoms in total. The molecule has 0 amide bonds. The van der Waals surface area contributed by atoms with Gasteiger partial charge in [0.15, 0.2) is 0 Å². The third-order valence-electron chi connectivity index (χ3n) is 5.04. The van der Waals surface area contributed by atoms with Crippen molar-refractivity contribution in [3.05, 3.63) is 0 Å². The predicted octanol–water partition coefficient (Wildman–Crippen LogP) is 2.80. The summed E-state index contributed by atoms with van der Waals surface area (Å²) in [5.74, 6) is 0.675. The highest BCUT2D eigenvalue weighted by atomic mass is 16.4. The van der Waals surface area contributed by atoms with Crippen molar-refractivity contribution in [3.63, 3.8) is 0 Å². The minimum atomic E-state index is -0.638. The Morgan fingerprint density at radius 2 is 1.82 bits per heavy atom. The standard InChI is InChI=1S/C14H25NO2/c1-10-6-5-7-12(11(10)2)15-14(13(16)17)8-3-4-9-14/h10-12,15H,3-9H2,1-2H3,(H,16,17). The van der Waals surface area contributed by atoms with Crippen LogP contribution in [0.2, 0.25) is 0 Å². The first-order chi connectivity index (χ1) is 8.05. The Morgan fingerprint density at radius 1 is 1.18 bits per heavy atom. The first-order valence-corrected chi connectivity index (χ1v) is 7.06. The highest BCUT2D eigenvalue weighted by molar-refractivity contribution is 5.79. The minimum Gasteiger partial charge on any atom is -0.480 e. The summed E-state index contributed by atoms with van der Waals surface area (Å²) in [7, 11) is 0. The second-order valence-corrected chi connectivity index (χ2v) is 6.11. The summed E-state index contributed by atoms with van der Waals surface area (Å²) in [5, 5.41) is 13.0. The molecule has 17 heavy (non-hydrogen) atoms. The molecule has 2 saturated carbocycles. The predicted molar refractivity (Wildman–Crippen MR) is 67.9 cm³/mol. The Hall–Kier alpha value is -0.570. The summed E-state index contributed by atoms with van der Waals surface area (Å²) in [6, 6.07) is 0.396. The van der Waals surface area contributed by atoms with Crippen LogP contribution in [-0.4, -0.2) is 22.7 Å². The molecule has 98 valence electrons. The summed E-state index contributed by atoms with van der Waals surface area (Å²) in [4.78, 5) is 11.5. The van der Waals surface area contributed by atoms with Gasteiger partial charge in [0.1, 0.15) is 5.54 Å². The van der Waals surface area contributed by atoms with Gasteiger partial charge in [-0.15, -0.1) is 0 Å². The normalized spacial score (nSPS) is 36.9. The average molecular weight is 239 g/mol. The van der Waals surface area contributed by atoms with Crippen LogP contribution in [0.4, 0.5) is 0 Å². The zero-order chi connectivity index (χ0) is 12.5. The van der Waals surface area contributed by atoms with Gasteiger partial charge in [-0.2, -0.15) is 0 Å². The third-order valence-corrected chi connectivity index (χ3v) is 5.04. The van der Waals surface area contributed by atoms with E-state index in [-0.39, 0.29) is 0 Å². The van der Waals surface area contributed by atoms with Crippen LogP contribution in [-0.2, 0) is 4.79 Å². The van der Waals surface area contributed by atoms with Gasteiger partial charge < -0.3 is 5.11 Å². The van der Waals surface area contributed by atoms with Crippen molar-refractivity contribution in [2.45, 2.75) is 70.4 Å². The Morgan fingerprint density at radius 3 is 2.41 bits per heavy atom. The minimum absolute atomic E-state index is 0.396. The van der Waals surface area contributed by atoms with Crippen molar-refractivity contribution in [2.24, 2.45) is 11.8 Å². The maximum atomic E-state index is 11.5. The van der Waals surface area contributed by atoms with E-state index in [1.54, 1.807) is 0 Å². The maximum absolute atomic E-state index is 11.5. The zero-order valence-electron chi connectivity index (χ0n) is 11.0. The van der Waals surface area contributed by atoms with E-state index in [9.17, 15) is 9.90 Å². The van der Waals surface area contributed by atoms with E-state index in [4.69, 9.17) is 0 Å².